The number of imide groups is 2. The molecule has 0 saturated carbocycles. The predicted octanol–water partition coefficient (Wildman–Crippen LogP) is 4.63. The van der Waals surface area contributed by atoms with Gasteiger partial charge in [-0.25, -0.2) is 9.69 Å². The fraction of sp³-hybridized carbons (Fsp3) is 0.160. The molecule has 1 fully saturated rings. The Morgan fingerprint density at radius 1 is 0.788 bits per heavy atom. The molecule has 0 aromatic heterocycles. The fourth-order valence-electron chi connectivity index (χ4n) is 3.66. The van der Waals surface area contributed by atoms with Gasteiger partial charge in [-0.15, -0.1) is 4.33 Å². The summed E-state index contributed by atoms with van der Waals surface area (Å²) in [5.41, 5.74) is 1.99. The number of hydrogen-bond acceptors (Lipinski definition) is 6. The minimum atomic E-state index is -1.01. The lowest BCUT2D eigenvalue weighted by atomic mass is 9.94. The number of rotatable bonds is 8. The summed E-state index contributed by atoms with van der Waals surface area (Å²) < 4.78 is 4.84. The third kappa shape index (κ3) is 5.08. The van der Waals surface area contributed by atoms with Crippen LogP contribution in [0.5, 0.6) is 5.75 Å². The molecule has 1 aliphatic rings. The topological polar surface area (TPSA) is 76.2 Å². The minimum Gasteiger partial charge on any atom is -0.325 e. The summed E-state index contributed by atoms with van der Waals surface area (Å²) >= 11 is 1.05. The summed E-state index contributed by atoms with van der Waals surface area (Å²) in [4.78, 5) is 47.4. The first kappa shape index (κ1) is 22.6. The first-order valence-corrected chi connectivity index (χ1v) is 11.5. The normalized spacial score (nSPS) is 16.3. The SMILES string of the molecule is CSOOc1ccc(N2C(=O)C(Cc3ccccc3)C(=O)N(Cc3ccccc3)C2=O)cc1. The molecule has 8 heteroatoms. The van der Waals surface area contributed by atoms with Crippen molar-refractivity contribution in [2.45, 2.75) is 13.0 Å². The molecule has 3 aromatic rings. The number of urea groups is 1. The van der Waals surface area contributed by atoms with Crippen molar-refractivity contribution in [3.05, 3.63) is 96.1 Å². The van der Waals surface area contributed by atoms with Crippen LogP contribution in [0.4, 0.5) is 10.5 Å². The highest BCUT2D eigenvalue weighted by molar-refractivity contribution is 7.93. The Balaban J connectivity index is 1.67. The van der Waals surface area contributed by atoms with Gasteiger partial charge in [-0.3, -0.25) is 14.5 Å². The third-order valence-electron chi connectivity index (χ3n) is 5.26. The zero-order chi connectivity index (χ0) is 23.2. The van der Waals surface area contributed by atoms with E-state index < -0.39 is 23.8 Å². The molecule has 1 atom stereocenters. The van der Waals surface area contributed by atoms with Gasteiger partial charge in [-0.2, -0.15) is 0 Å². The number of benzene rings is 3. The summed E-state index contributed by atoms with van der Waals surface area (Å²) in [6.07, 6.45) is 1.92. The van der Waals surface area contributed by atoms with Crippen LogP contribution in [-0.2, 0) is 26.9 Å². The Bertz CT molecular complexity index is 1060. The number of nitrogens with zero attached hydrogens (tertiary/aromatic N) is 2. The molecule has 0 aliphatic carbocycles. The molecule has 33 heavy (non-hydrogen) atoms. The van der Waals surface area contributed by atoms with Gasteiger partial charge in [0.15, 0.2) is 5.75 Å². The maximum absolute atomic E-state index is 13.4. The first-order chi connectivity index (χ1) is 16.1. The zero-order valence-electron chi connectivity index (χ0n) is 17.9. The highest BCUT2D eigenvalue weighted by Gasteiger charge is 2.46. The van der Waals surface area contributed by atoms with E-state index in [1.165, 1.54) is 0 Å². The van der Waals surface area contributed by atoms with Gasteiger partial charge in [-0.05, 0) is 41.8 Å². The van der Waals surface area contributed by atoms with Gasteiger partial charge >= 0.3 is 6.03 Å². The van der Waals surface area contributed by atoms with Crippen LogP contribution >= 0.6 is 12.0 Å². The maximum atomic E-state index is 13.4. The van der Waals surface area contributed by atoms with Crippen LogP contribution in [-0.4, -0.2) is 29.0 Å². The van der Waals surface area contributed by atoms with Gasteiger partial charge in [0, 0.05) is 18.3 Å². The molecule has 168 valence electrons. The Hall–Kier alpha value is -3.62. The average Bonchev–Trinajstić information content (AvgIpc) is 2.85. The van der Waals surface area contributed by atoms with E-state index in [-0.39, 0.29) is 13.0 Å². The fourth-order valence-corrected chi connectivity index (χ4v) is 3.80. The van der Waals surface area contributed by atoms with Crippen LogP contribution in [0.2, 0.25) is 0 Å². The van der Waals surface area contributed by atoms with Gasteiger partial charge in [0.25, 0.3) is 0 Å². The largest absolute Gasteiger partial charge is 0.338 e. The lowest BCUT2D eigenvalue weighted by molar-refractivity contribution is -0.141. The molecule has 1 aliphatic heterocycles. The molecule has 0 N–H and O–H groups in total. The van der Waals surface area contributed by atoms with Crippen molar-refractivity contribution in [2.24, 2.45) is 5.92 Å². The minimum absolute atomic E-state index is 0.0797. The smallest absolute Gasteiger partial charge is 0.325 e. The van der Waals surface area contributed by atoms with Crippen LogP contribution < -0.4 is 9.79 Å². The molecule has 1 heterocycles. The molecule has 0 spiro atoms. The average molecular weight is 463 g/mol. The van der Waals surface area contributed by atoms with E-state index in [0.717, 1.165) is 33.0 Å². The molecule has 4 rings (SSSR count). The monoisotopic (exact) mass is 462 g/mol. The van der Waals surface area contributed by atoms with Crippen LogP contribution in [0, 0.1) is 5.92 Å². The zero-order valence-corrected chi connectivity index (χ0v) is 18.7. The Kier molecular flexibility index (Phi) is 7.07. The maximum Gasteiger partial charge on any atom is 0.338 e. The molecule has 1 saturated heterocycles. The van der Waals surface area contributed by atoms with E-state index in [4.69, 9.17) is 9.22 Å². The van der Waals surface area contributed by atoms with E-state index in [9.17, 15) is 14.4 Å². The Morgan fingerprint density at radius 2 is 1.39 bits per heavy atom. The van der Waals surface area contributed by atoms with E-state index in [1.807, 2.05) is 60.7 Å². The third-order valence-corrected chi connectivity index (χ3v) is 5.47. The predicted molar refractivity (Wildman–Crippen MR) is 125 cm³/mol. The van der Waals surface area contributed by atoms with Gasteiger partial charge in [0.2, 0.25) is 11.8 Å². The second kappa shape index (κ2) is 10.3. The van der Waals surface area contributed by atoms with E-state index >= 15 is 0 Å². The highest BCUT2D eigenvalue weighted by atomic mass is 32.2. The molecule has 0 bridgehead atoms. The molecular weight excluding hydrogens is 440 g/mol. The van der Waals surface area contributed by atoms with E-state index in [0.29, 0.717) is 11.4 Å². The number of hydrogen-bond donors (Lipinski definition) is 0. The van der Waals surface area contributed by atoms with Crippen molar-refractivity contribution in [3.8, 4) is 5.75 Å². The van der Waals surface area contributed by atoms with Gasteiger partial charge < -0.3 is 4.89 Å². The van der Waals surface area contributed by atoms with Crippen molar-refractivity contribution in [1.82, 2.24) is 4.90 Å². The van der Waals surface area contributed by atoms with Crippen molar-refractivity contribution < 1.29 is 23.6 Å². The number of carbonyl (C=O) groups is 3. The molecule has 1 unspecified atom stereocenters. The molecule has 0 radical (unpaired) electrons. The van der Waals surface area contributed by atoms with Crippen molar-refractivity contribution in [3.63, 3.8) is 0 Å². The van der Waals surface area contributed by atoms with Crippen LogP contribution in [0.15, 0.2) is 84.9 Å². The number of carbonyl (C=O) groups excluding carboxylic acids is 3. The number of amides is 4. The van der Waals surface area contributed by atoms with E-state index in [2.05, 4.69) is 0 Å². The summed E-state index contributed by atoms with van der Waals surface area (Å²) in [6.45, 7) is 0.0797. The van der Waals surface area contributed by atoms with Crippen molar-refractivity contribution in [2.75, 3.05) is 11.2 Å². The van der Waals surface area contributed by atoms with Gasteiger partial charge in [0.1, 0.15) is 5.92 Å². The standard InChI is InChI=1S/C25H22N2O5S/c1-33-32-31-21-14-12-20(13-15-21)27-24(29)22(16-18-8-4-2-5-9-18)23(28)26(25(27)30)17-19-10-6-3-7-11-19/h2-15,22H,16-17H2,1H3. The van der Waals surface area contributed by atoms with Crippen LogP contribution in [0.3, 0.4) is 0 Å². The van der Waals surface area contributed by atoms with Gasteiger partial charge in [0.05, 0.1) is 12.2 Å². The summed E-state index contributed by atoms with van der Waals surface area (Å²) in [7, 11) is 0. The Morgan fingerprint density at radius 3 is 2.00 bits per heavy atom. The lowest BCUT2D eigenvalue weighted by Gasteiger charge is -2.37. The highest BCUT2D eigenvalue weighted by Crippen LogP contribution is 2.29. The molecule has 3 aromatic carbocycles. The van der Waals surface area contributed by atoms with E-state index in [1.54, 1.807) is 30.5 Å². The van der Waals surface area contributed by atoms with Crippen LogP contribution in [0.1, 0.15) is 11.1 Å². The molecular formula is C25H22N2O5S. The molecule has 4 amide bonds. The second-order valence-corrected chi connectivity index (χ2v) is 7.89. The Labute approximate surface area is 196 Å². The molecule has 7 nitrogen and oxygen atoms in total. The summed E-state index contributed by atoms with van der Waals surface area (Å²) in [5.74, 6) is -1.64. The summed E-state index contributed by atoms with van der Waals surface area (Å²) in [5, 5.41) is 0. The number of barbiturate groups is 1. The first-order valence-electron chi connectivity index (χ1n) is 10.3. The van der Waals surface area contributed by atoms with Crippen molar-refractivity contribution in [1.29, 1.82) is 0 Å². The van der Waals surface area contributed by atoms with Crippen LogP contribution in [0.25, 0.3) is 0 Å². The summed E-state index contributed by atoms with van der Waals surface area (Å²) in [6, 6.07) is 24.2. The van der Waals surface area contributed by atoms with Gasteiger partial charge in [-0.1, -0.05) is 60.7 Å². The number of anilines is 1. The lowest BCUT2D eigenvalue weighted by Crippen LogP contribution is -2.60. The quantitative estimate of drug-likeness (QED) is 0.210. The van der Waals surface area contributed by atoms with Crippen molar-refractivity contribution >= 4 is 35.6 Å². The second-order valence-electron chi connectivity index (χ2n) is 7.42.